The molecule has 17 heavy (non-hydrogen) atoms. The van der Waals surface area contributed by atoms with Crippen molar-refractivity contribution in [3.63, 3.8) is 0 Å². The lowest BCUT2D eigenvalue weighted by molar-refractivity contribution is -0.138. The van der Waals surface area contributed by atoms with Crippen molar-refractivity contribution in [1.29, 1.82) is 0 Å². The SMILES string of the molecule is CC(C)N(CCCO)C(=O)C1CCC(N)CC1. The molecule has 0 aromatic carbocycles. The minimum Gasteiger partial charge on any atom is -0.396 e. The first kappa shape index (κ1) is 14.5. The highest BCUT2D eigenvalue weighted by atomic mass is 16.3. The number of nitrogens with two attached hydrogens (primary N) is 1. The van der Waals surface area contributed by atoms with E-state index in [4.69, 9.17) is 10.8 Å². The predicted molar refractivity (Wildman–Crippen MR) is 68.5 cm³/mol. The van der Waals surface area contributed by atoms with Crippen LogP contribution in [0.5, 0.6) is 0 Å². The summed E-state index contributed by atoms with van der Waals surface area (Å²) in [6, 6.07) is 0.494. The molecule has 3 N–H and O–H groups in total. The lowest BCUT2D eigenvalue weighted by Gasteiger charge is -2.33. The molecule has 4 nitrogen and oxygen atoms in total. The van der Waals surface area contributed by atoms with Gasteiger partial charge in [0.25, 0.3) is 0 Å². The molecule has 1 aliphatic rings. The van der Waals surface area contributed by atoms with E-state index in [9.17, 15) is 4.79 Å². The maximum atomic E-state index is 12.4. The minimum absolute atomic E-state index is 0.145. The molecule has 1 amide bonds. The molecule has 0 aromatic rings. The van der Waals surface area contributed by atoms with Crippen LogP contribution in [0.1, 0.15) is 46.0 Å². The van der Waals surface area contributed by atoms with E-state index in [1.807, 2.05) is 18.7 Å². The van der Waals surface area contributed by atoms with Crippen LogP contribution < -0.4 is 5.73 Å². The van der Waals surface area contributed by atoms with Gasteiger partial charge in [0.05, 0.1) is 0 Å². The van der Waals surface area contributed by atoms with Gasteiger partial charge in [0, 0.05) is 31.2 Å². The Morgan fingerprint density at radius 3 is 2.41 bits per heavy atom. The second-order valence-electron chi connectivity index (χ2n) is 5.31. The summed E-state index contributed by atoms with van der Waals surface area (Å²) in [6.07, 6.45) is 4.42. The lowest BCUT2D eigenvalue weighted by Crippen LogP contribution is -2.43. The van der Waals surface area contributed by atoms with Crippen molar-refractivity contribution in [1.82, 2.24) is 4.90 Å². The first-order valence-corrected chi connectivity index (χ1v) is 6.73. The molecule has 1 fully saturated rings. The molecule has 0 heterocycles. The fourth-order valence-electron chi connectivity index (χ4n) is 2.46. The number of hydrogen-bond acceptors (Lipinski definition) is 3. The summed E-state index contributed by atoms with van der Waals surface area (Å²) in [5.41, 5.74) is 5.86. The third-order valence-corrected chi connectivity index (χ3v) is 3.58. The Kier molecular flexibility index (Phi) is 5.92. The van der Waals surface area contributed by atoms with E-state index in [0.29, 0.717) is 13.0 Å². The highest BCUT2D eigenvalue weighted by molar-refractivity contribution is 5.79. The molecule has 1 rings (SSSR count). The van der Waals surface area contributed by atoms with E-state index < -0.39 is 0 Å². The van der Waals surface area contributed by atoms with E-state index in [2.05, 4.69) is 0 Å². The zero-order valence-corrected chi connectivity index (χ0v) is 11.1. The highest BCUT2D eigenvalue weighted by Crippen LogP contribution is 2.25. The third-order valence-electron chi connectivity index (χ3n) is 3.58. The van der Waals surface area contributed by atoms with Crippen molar-refractivity contribution >= 4 is 5.91 Å². The normalized spacial score (nSPS) is 25.0. The molecule has 100 valence electrons. The summed E-state index contributed by atoms with van der Waals surface area (Å²) < 4.78 is 0. The largest absolute Gasteiger partial charge is 0.396 e. The summed E-state index contributed by atoms with van der Waals surface area (Å²) in [5.74, 6) is 0.399. The van der Waals surface area contributed by atoms with Crippen LogP contribution in [-0.4, -0.2) is 41.1 Å². The van der Waals surface area contributed by atoms with Crippen molar-refractivity contribution in [3.8, 4) is 0 Å². The molecular formula is C13H26N2O2. The number of carbonyl (C=O) groups is 1. The molecule has 0 aromatic heterocycles. The average molecular weight is 242 g/mol. The van der Waals surface area contributed by atoms with E-state index in [1.165, 1.54) is 0 Å². The second kappa shape index (κ2) is 6.97. The first-order valence-electron chi connectivity index (χ1n) is 6.73. The van der Waals surface area contributed by atoms with Crippen molar-refractivity contribution in [2.75, 3.05) is 13.2 Å². The number of rotatable bonds is 5. The van der Waals surface area contributed by atoms with E-state index in [1.54, 1.807) is 0 Å². The Bertz CT molecular complexity index is 236. The van der Waals surface area contributed by atoms with Gasteiger partial charge in [0.2, 0.25) is 5.91 Å². The van der Waals surface area contributed by atoms with Gasteiger partial charge in [-0.1, -0.05) is 0 Å². The average Bonchev–Trinajstić information content (AvgIpc) is 2.29. The summed E-state index contributed by atoms with van der Waals surface area (Å²) in [7, 11) is 0. The molecule has 0 aliphatic heterocycles. The molecular weight excluding hydrogens is 216 g/mol. The number of hydrogen-bond donors (Lipinski definition) is 2. The fourth-order valence-corrected chi connectivity index (χ4v) is 2.46. The Balaban J connectivity index is 2.52. The van der Waals surface area contributed by atoms with Gasteiger partial charge in [-0.15, -0.1) is 0 Å². The smallest absolute Gasteiger partial charge is 0.225 e. The highest BCUT2D eigenvalue weighted by Gasteiger charge is 2.29. The molecule has 0 bridgehead atoms. The molecule has 1 saturated carbocycles. The van der Waals surface area contributed by atoms with Crippen LogP contribution in [0.4, 0.5) is 0 Å². The van der Waals surface area contributed by atoms with E-state index >= 15 is 0 Å². The van der Waals surface area contributed by atoms with Gasteiger partial charge in [0.1, 0.15) is 0 Å². The summed E-state index contributed by atoms with van der Waals surface area (Å²) in [4.78, 5) is 14.3. The monoisotopic (exact) mass is 242 g/mol. The van der Waals surface area contributed by atoms with Crippen LogP contribution in [0.2, 0.25) is 0 Å². The van der Waals surface area contributed by atoms with Gasteiger partial charge in [-0.2, -0.15) is 0 Å². The van der Waals surface area contributed by atoms with Crippen molar-refractivity contribution < 1.29 is 9.90 Å². The quantitative estimate of drug-likeness (QED) is 0.759. The zero-order chi connectivity index (χ0) is 12.8. The Morgan fingerprint density at radius 1 is 1.35 bits per heavy atom. The Hall–Kier alpha value is -0.610. The first-order chi connectivity index (χ1) is 8.06. The van der Waals surface area contributed by atoms with Gasteiger partial charge in [0.15, 0.2) is 0 Å². The number of amides is 1. The molecule has 0 radical (unpaired) electrons. The Morgan fingerprint density at radius 2 is 1.94 bits per heavy atom. The van der Waals surface area contributed by atoms with Crippen molar-refractivity contribution in [3.05, 3.63) is 0 Å². The van der Waals surface area contributed by atoms with Gasteiger partial charge in [-0.25, -0.2) is 0 Å². The van der Waals surface area contributed by atoms with Gasteiger partial charge >= 0.3 is 0 Å². The molecule has 1 aliphatic carbocycles. The number of aliphatic hydroxyl groups excluding tert-OH is 1. The molecule has 0 atom stereocenters. The predicted octanol–water partition coefficient (Wildman–Crippen LogP) is 1.12. The van der Waals surface area contributed by atoms with Crippen LogP contribution in [0, 0.1) is 5.92 Å². The third kappa shape index (κ3) is 4.28. The molecule has 0 saturated heterocycles. The van der Waals surface area contributed by atoms with Crippen molar-refractivity contribution in [2.24, 2.45) is 11.7 Å². The molecule has 0 spiro atoms. The summed E-state index contributed by atoms with van der Waals surface area (Å²) in [5, 5.41) is 8.87. The van der Waals surface area contributed by atoms with Crippen LogP contribution >= 0.6 is 0 Å². The summed E-state index contributed by atoms with van der Waals surface area (Å²) in [6.45, 7) is 4.87. The van der Waals surface area contributed by atoms with Crippen LogP contribution in [0.15, 0.2) is 0 Å². The molecule has 4 heteroatoms. The fraction of sp³-hybridized carbons (Fsp3) is 0.923. The van der Waals surface area contributed by atoms with Crippen LogP contribution in [0.25, 0.3) is 0 Å². The maximum Gasteiger partial charge on any atom is 0.225 e. The maximum absolute atomic E-state index is 12.4. The second-order valence-corrected chi connectivity index (χ2v) is 5.31. The van der Waals surface area contributed by atoms with Gasteiger partial charge in [-0.3, -0.25) is 4.79 Å². The minimum atomic E-state index is 0.145. The topological polar surface area (TPSA) is 66.6 Å². The van der Waals surface area contributed by atoms with E-state index in [0.717, 1.165) is 25.7 Å². The summed E-state index contributed by atoms with van der Waals surface area (Å²) >= 11 is 0. The Labute approximate surface area is 104 Å². The zero-order valence-electron chi connectivity index (χ0n) is 11.1. The standard InChI is InChI=1S/C13H26N2O2/c1-10(2)15(8-3-9-16)13(17)11-4-6-12(14)7-5-11/h10-12,16H,3-9,14H2,1-2H3. The van der Waals surface area contributed by atoms with E-state index in [-0.39, 0.29) is 30.5 Å². The lowest BCUT2D eigenvalue weighted by atomic mass is 9.85. The van der Waals surface area contributed by atoms with Gasteiger partial charge < -0.3 is 15.7 Å². The van der Waals surface area contributed by atoms with Crippen LogP contribution in [-0.2, 0) is 4.79 Å². The number of aliphatic hydroxyl groups is 1. The number of carbonyl (C=O) groups excluding carboxylic acids is 1. The van der Waals surface area contributed by atoms with Crippen molar-refractivity contribution in [2.45, 2.75) is 58.0 Å². The number of nitrogens with zero attached hydrogens (tertiary/aromatic N) is 1. The van der Waals surface area contributed by atoms with Crippen LogP contribution in [0.3, 0.4) is 0 Å². The van der Waals surface area contributed by atoms with Gasteiger partial charge in [-0.05, 0) is 46.0 Å². The molecule has 0 unspecified atom stereocenters.